The van der Waals surface area contributed by atoms with Crippen LogP contribution in [0.3, 0.4) is 0 Å². The molecule has 0 aliphatic carbocycles. The molecule has 82 valence electrons. The summed E-state index contributed by atoms with van der Waals surface area (Å²) in [5.41, 5.74) is 1.47. The van der Waals surface area contributed by atoms with Crippen LogP contribution in [0.15, 0.2) is 30.3 Å². The molecule has 2 rings (SSSR count). The van der Waals surface area contributed by atoms with Gasteiger partial charge >= 0.3 is 0 Å². The van der Waals surface area contributed by atoms with Gasteiger partial charge in [0, 0.05) is 13.0 Å². The van der Waals surface area contributed by atoms with Crippen molar-refractivity contribution in [2.24, 2.45) is 0 Å². The minimum atomic E-state index is 0.132. The predicted octanol–water partition coefficient (Wildman–Crippen LogP) is 2.42. The Morgan fingerprint density at radius 3 is 2.67 bits per heavy atom. The minimum Gasteiger partial charge on any atom is -0.381 e. The van der Waals surface area contributed by atoms with Crippen molar-refractivity contribution in [3.8, 4) is 0 Å². The Kier molecular flexibility index (Phi) is 3.39. The molecule has 0 radical (unpaired) electrons. The molecule has 1 aliphatic rings. The van der Waals surface area contributed by atoms with E-state index in [-0.39, 0.29) is 5.60 Å². The molecule has 1 atom stereocenters. The Labute approximate surface area is 91.2 Å². The molecule has 2 nitrogen and oxygen atoms in total. The SMILES string of the molecule is CC1(CCOCCc2ccccc2)CO1. The molecule has 0 saturated carbocycles. The van der Waals surface area contributed by atoms with Crippen molar-refractivity contribution in [2.75, 3.05) is 19.8 Å². The molecule has 1 aromatic rings. The molecule has 15 heavy (non-hydrogen) atoms. The zero-order chi connectivity index (χ0) is 10.6. The Hall–Kier alpha value is -0.860. The topological polar surface area (TPSA) is 21.8 Å². The number of hydrogen-bond acceptors (Lipinski definition) is 2. The lowest BCUT2D eigenvalue weighted by molar-refractivity contribution is 0.116. The van der Waals surface area contributed by atoms with Crippen molar-refractivity contribution in [1.29, 1.82) is 0 Å². The van der Waals surface area contributed by atoms with Crippen molar-refractivity contribution in [3.05, 3.63) is 35.9 Å². The monoisotopic (exact) mass is 206 g/mol. The summed E-state index contributed by atoms with van der Waals surface area (Å²) in [5, 5.41) is 0. The van der Waals surface area contributed by atoms with Crippen molar-refractivity contribution in [3.63, 3.8) is 0 Å². The van der Waals surface area contributed by atoms with E-state index in [1.807, 2.05) is 6.07 Å². The molecule has 1 unspecified atom stereocenters. The number of epoxide rings is 1. The van der Waals surface area contributed by atoms with Gasteiger partial charge in [-0.3, -0.25) is 0 Å². The van der Waals surface area contributed by atoms with Gasteiger partial charge in [-0.2, -0.15) is 0 Å². The first-order valence-corrected chi connectivity index (χ1v) is 5.54. The van der Waals surface area contributed by atoms with Gasteiger partial charge < -0.3 is 9.47 Å². The molecule has 0 N–H and O–H groups in total. The number of hydrogen-bond donors (Lipinski definition) is 0. The molecule has 1 saturated heterocycles. The maximum Gasteiger partial charge on any atom is 0.0910 e. The average Bonchev–Trinajstić information content (AvgIpc) is 2.98. The van der Waals surface area contributed by atoms with Gasteiger partial charge in [-0.15, -0.1) is 0 Å². The maximum atomic E-state index is 5.57. The first kappa shape index (κ1) is 10.7. The fraction of sp³-hybridized carbons (Fsp3) is 0.538. The van der Waals surface area contributed by atoms with Gasteiger partial charge in [0.15, 0.2) is 0 Å². The van der Waals surface area contributed by atoms with E-state index in [1.54, 1.807) is 0 Å². The van der Waals surface area contributed by atoms with Crippen LogP contribution in [0.1, 0.15) is 18.9 Å². The highest BCUT2D eigenvalue weighted by Gasteiger charge is 2.38. The van der Waals surface area contributed by atoms with Crippen LogP contribution in [0.4, 0.5) is 0 Å². The third kappa shape index (κ3) is 3.65. The third-order valence-corrected chi connectivity index (χ3v) is 2.79. The van der Waals surface area contributed by atoms with Crippen LogP contribution < -0.4 is 0 Å². The Morgan fingerprint density at radius 2 is 2.00 bits per heavy atom. The zero-order valence-corrected chi connectivity index (χ0v) is 9.24. The minimum absolute atomic E-state index is 0.132. The summed E-state index contributed by atoms with van der Waals surface area (Å²) in [6.45, 7) is 4.64. The molecular formula is C13H18O2. The molecular weight excluding hydrogens is 188 g/mol. The molecule has 2 heteroatoms. The first-order valence-electron chi connectivity index (χ1n) is 5.54. The number of ether oxygens (including phenoxy) is 2. The quantitative estimate of drug-likeness (QED) is 0.526. The van der Waals surface area contributed by atoms with Crippen LogP contribution in [0.2, 0.25) is 0 Å². The van der Waals surface area contributed by atoms with Crippen LogP contribution in [0.5, 0.6) is 0 Å². The highest BCUT2D eigenvalue weighted by Crippen LogP contribution is 2.29. The molecule has 1 aliphatic heterocycles. The highest BCUT2D eigenvalue weighted by molar-refractivity contribution is 5.14. The lowest BCUT2D eigenvalue weighted by atomic mass is 10.1. The van der Waals surface area contributed by atoms with Gasteiger partial charge in [-0.1, -0.05) is 30.3 Å². The van der Waals surface area contributed by atoms with E-state index >= 15 is 0 Å². The zero-order valence-electron chi connectivity index (χ0n) is 9.24. The van der Waals surface area contributed by atoms with Gasteiger partial charge in [0.25, 0.3) is 0 Å². The van der Waals surface area contributed by atoms with Crippen molar-refractivity contribution in [2.45, 2.75) is 25.4 Å². The van der Waals surface area contributed by atoms with Crippen LogP contribution in [-0.4, -0.2) is 25.4 Å². The maximum absolute atomic E-state index is 5.57. The van der Waals surface area contributed by atoms with Gasteiger partial charge in [-0.05, 0) is 18.9 Å². The fourth-order valence-corrected chi connectivity index (χ4v) is 1.49. The Morgan fingerprint density at radius 1 is 1.27 bits per heavy atom. The van der Waals surface area contributed by atoms with Crippen LogP contribution in [0.25, 0.3) is 0 Å². The van der Waals surface area contributed by atoms with E-state index in [0.29, 0.717) is 0 Å². The van der Waals surface area contributed by atoms with Gasteiger partial charge in [-0.25, -0.2) is 0 Å². The summed E-state index contributed by atoms with van der Waals surface area (Å²) in [5.74, 6) is 0. The smallest absolute Gasteiger partial charge is 0.0910 e. The normalized spacial score (nSPS) is 24.1. The van der Waals surface area contributed by atoms with Gasteiger partial charge in [0.05, 0.1) is 18.8 Å². The van der Waals surface area contributed by atoms with E-state index in [9.17, 15) is 0 Å². The highest BCUT2D eigenvalue weighted by atomic mass is 16.6. The average molecular weight is 206 g/mol. The number of benzene rings is 1. The van der Waals surface area contributed by atoms with E-state index in [0.717, 1.165) is 32.7 Å². The predicted molar refractivity (Wildman–Crippen MR) is 59.9 cm³/mol. The second-order valence-corrected chi connectivity index (χ2v) is 4.34. The summed E-state index contributed by atoms with van der Waals surface area (Å²) in [6.07, 6.45) is 2.01. The fourth-order valence-electron chi connectivity index (χ4n) is 1.49. The van der Waals surface area contributed by atoms with Crippen LogP contribution >= 0.6 is 0 Å². The van der Waals surface area contributed by atoms with Crippen LogP contribution in [0, 0.1) is 0 Å². The summed E-state index contributed by atoms with van der Waals surface area (Å²) in [4.78, 5) is 0. The molecule has 0 amide bonds. The Bertz CT molecular complexity index is 291. The van der Waals surface area contributed by atoms with Gasteiger partial charge in [0.1, 0.15) is 0 Å². The second-order valence-electron chi connectivity index (χ2n) is 4.34. The summed E-state index contributed by atoms with van der Waals surface area (Å²) < 4.78 is 10.9. The molecule has 0 aromatic heterocycles. The standard InChI is InChI=1S/C13H18O2/c1-13(11-15-13)8-10-14-9-7-12-5-3-2-4-6-12/h2-6H,7-11H2,1H3. The van der Waals surface area contributed by atoms with E-state index in [2.05, 4.69) is 31.2 Å². The lowest BCUT2D eigenvalue weighted by Crippen LogP contribution is -2.10. The number of rotatable bonds is 6. The van der Waals surface area contributed by atoms with Crippen molar-refractivity contribution in [1.82, 2.24) is 0 Å². The van der Waals surface area contributed by atoms with E-state index in [1.165, 1.54) is 5.56 Å². The van der Waals surface area contributed by atoms with Gasteiger partial charge in [0.2, 0.25) is 0 Å². The Balaban J connectivity index is 1.55. The van der Waals surface area contributed by atoms with Crippen molar-refractivity contribution < 1.29 is 9.47 Å². The second kappa shape index (κ2) is 4.77. The van der Waals surface area contributed by atoms with Crippen LogP contribution in [-0.2, 0) is 15.9 Å². The summed E-state index contributed by atoms with van der Waals surface area (Å²) in [7, 11) is 0. The molecule has 0 bridgehead atoms. The lowest BCUT2D eigenvalue weighted by Gasteiger charge is -2.06. The van der Waals surface area contributed by atoms with Crippen molar-refractivity contribution >= 4 is 0 Å². The largest absolute Gasteiger partial charge is 0.381 e. The van der Waals surface area contributed by atoms with E-state index in [4.69, 9.17) is 9.47 Å². The summed E-state index contributed by atoms with van der Waals surface area (Å²) >= 11 is 0. The molecule has 1 aromatic carbocycles. The molecule has 1 heterocycles. The molecule has 0 spiro atoms. The molecule has 1 fully saturated rings. The summed E-state index contributed by atoms with van der Waals surface area (Å²) in [6, 6.07) is 10.4. The first-order chi connectivity index (χ1) is 7.29. The third-order valence-electron chi connectivity index (χ3n) is 2.79. The van der Waals surface area contributed by atoms with E-state index < -0.39 is 0 Å².